The molecule has 15 heavy (non-hydrogen) atoms. The average Bonchev–Trinajstić information content (AvgIpc) is 2.56. The van der Waals surface area contributed by atoms with E-state index in [4.69, 9.17) is 0 Å². The number of hydrogen-bond donors (Lipinski definition) is 1. The summed E-state index contributed by atoms with van der Waals surface area (Å²) >= 11 is 8.39. The van der Waals surface area contributed by atoms with Gasteiger partial charge in [0.25, 0.3) is 0 Å². The summed E-state index contributed by atoms with van der Waals surface area (Å²) in [6, 6.07) is 1.83. The van der Waals surface area contributed by atoms with Crippen molar-refractivity contribution in [2.75, 3.05) is 0 Å². The molecule has 0 saturated carbocycles. The van der Waals surface area contributed by atoms with E-state index in [1.807, 2.05) is 6.07 Å². The van der Waals surface area contributed by atoms with Crippen LogP contribution in [0.5, 0.6) is 0 Å². The Morgan fingerprint density at radius 3 is 1.87 bits per heavy atom. The lowest BCUT2D eigenvalue weighted by atomic mass is 10.4. The normalized spacial score (nSPS) is 11.6. The molecule has 0 aromatic carbocycles. The van der Waals surface area contributed by atoms with Gasteiger partial charge in [0.05, 0.1) is 0 Å². The molecule has 1 N–H and O–H groups in total. The van der Waals surface area contributed by atoms with Crippen molar-refractivity contribution in [1.29, 1.82) is 0 Å². The average molecular weight is 267 g/mol. The largest absolute Gasteiger partial charge is 0.456 e. The lowest BCUT2D eigenvalue weighted by molar-refractivity contribution is -0.175. The highest BCUT2D eigenvalue weighted by Gasteiger charge is 2.52. The Balaban J connectivity index is 0.000000322. The molecule has 0 unspecified atom stereocenters. The van der Waals surface area contributed by atoms with E-state index >= 15 is 0 Å². The highest BCUT2D eigenvalue weighted by Crippen LogP contribution is 2.32. The van der Waals surface area contributed by atoms with Crippen LogP contribution in [0.3, 0.4) is 0 Å². The van der Waals surface area contributed by atoms with Crippen LogP contribution in [0, 0.1) is 0 Å². The number of halogens is 6. The van der Waals surface area contributed by atoms with Crippen LogP contribution in [0.15, 0.2) is 18.5 Å². The number of H-pyrrole nitrogens is 1. The van der Waals surface area contributed by atoms with Crippen LogP contribution in [-0.2, 0) is 4.79 Å². The van der Waals surface area contributed by atoms with E-state index in [-0.39, 0.29) is 0 Å². The first-order valence-electron chi connectivity index (χ1n) is 3.28. The molecular weight excluding hydrogens is 263 g/mol. The van der Waals surface area contributed by atoms with Crippen molar-refractivity contribution < 1.29 is 22.4 Å². The molecule has 0 aliphatic carbocycles. The second-order valence-electron chi connectivity index (χ2n) is 2.09. The van der Waals surface area contributed by atoms with Gasteiger partial charge in [0.15, 0.2) is 0 Å². The van der Waals surface area contributed by atoms with Gasteiger partial charge in [-0.1, -0.05) is 23.2 Å². The zero-order valence-electron chi connectivity index (χ0n) is 6.86. The van der Waals surface area contributed by atoms with Crippen molar-refractivity contribution in [1.82, 2.24) is 10.2 Å². The molecule has 0 aliphatic rings. The minimum Gasteiger partial charge on any atom is -0.286 e. The van der Waals surface area contributed by atoms with E-state index < -0.39 is 16.5 Å². The summed E-state index contributed by atoms with van der Waals surface area (Å²) in [6.45, 7) is 0. The maximum Gasteiger partial charge on any atom is 0.456 e. The minimum absolute atomic E-state index is 1.69. The molecule has 1 aromatic heterocycles. The van der Waals surface area contributed by atoms with Crippen molar-refractivity contribution in [2.45, 2.75) is 10.8 Å². The Kier molecular flexibility index (Phi) is 5.02. The molecule has 0 atom stereocenters. The third kappa shape index (κ3) is 6.29. The Bertz CT molecular complexity index is 260. The van der Waals surface area contributed by atoms with E-state index in [0.29, 0.717) is 0 Å². The monoisotopic (exact) mass is 266 g/mol. The lowest BCUT2D eigenvalue weighted by Crippen LogP contribution is -2.34. The zero-order chi connectivity index (χ0) is 12.1. The Morgan fingerprint density at radius 2 is 1.80 bits per heavy atom. The summed E-state index contributed by atoms with van der Waals surface area (Å²) < 4.78 is 41.4. The Labute approximate surface area is 91.4 Å². The fourth-order valence-corrected chi connectivity index (χ4v) is 0.590. The maximum absolute atomic E-state index is 11.7. The summed E-state index contributed by atoms with van der Waals surface area (Å²) in [5, 5.41) is 6.21. The van der Waals surface area contributed by atoms with Crippen molar-refractivity contribution in [2.24, 2.45) is 0 Å². The molecular formula is C6H4Cl2F4N2O. The number of ketones is 1. The third-order valence-electron chi connectivity index (χ3n) is 0.921. The number of carbonyl (C=O) groups is 1. The van der Waals surface area contributed by atoms with Gasteiger partial charge in [-0.25, -0.2) is 0 Å². The zero-order valence-corrected chi connectivity index (χ0v) is 8.37. The number of rotatable bonds is 1. The van der Waals surface area contributed by atoms with Gasteiger partial charge in [-0.3, -0.25) is 9.89 Å². The number of nitrogens with zero attached hydrogens (tertiary/aromatic N) is 1. The van der Waals surface area contributed by atoms with Crippen molar-refractivity contribution in [3.63, 3.8) is 0 Å². The smallest absolute Gasteiger partial charge is 0.286 e. The lowest BCUT2D eigenvalue weighted by Gasteiger charge is -2.09. The second-order valence-corrected chi connectivity index (χ2v) is 3.33. The van der Waals surface area contributed by atoms with Gasteiger partial charge in [-0.15, -0.1) is 0 Å². The molecule has 0 amide bonds. The van der Waals surface area contributed by atoms with Crippen molar-refractivity contribution in [3.8, 4) is 0 Å². The van der Waals surface area contributed by atoms with E-state index in [2.05, 4.69) is 33.4 Å². The first-order valence-corrected chi connectivity index (χ1v) is 4.03. The van der Waals surface area contributed by atoms with Crippen LogP contribution in [0.4, 0.5) is 17.6 Å². The summed E-state index contributed by atoms with van der Waals surface area (Å²) in [5.74, 6) is -2.82. The molecule has 1 aromatic rings. The maximum atomic E-state index is 11.7. The van der Waals surface area contributed by atoms with Gasteiger partial charge in [-0.2, -0.15) is 22.7 Å². The van der Waals surface area contributed by atoms with Crippen LogP contribution in [-0.4, -0.2) is 26.7 Å². The summed E-state index contributed by atoms with van der Waals surface area (Å²) in [7, 11) is 0. The number of alkyl halides is 6. The van der Waals surface area contributed by atoms with Gasteiger partial charge in [0.2, 0.25) is 0 Å². The van der Waals surface area contributed by atoms with Crippen LogP contribution >= 0.6 is 23.2 Å². The highest BCUT2D eigenvalue weighted by atomic mass is 35.5. The quantitative estimate of drug-likeness (QED) is 0.628. The summed E-state index contributed by atoms with van der Waals surface area (Å²) in [6.07, 6.45) is -1.88. The highest BCUT2D eigenvalue weighted by molar-refractivity contribution is 6.57. The first kappa shape index (κ1) is 14.2. The predicted octanol–water partition coefficient (Wildman–Crippen LogP) is 2.63. The number of aromatic amines is 1. The van der Waals surface area contributed by atoms with Gasteiger partial charge in [-0.05, 0) is 6.07 Å². The number of aromatic nitrogens is 2. The SMILES string of the molecule is O=C(C(F)(F)F)C(F)(Cl)Cl.c1cn[nH]c1. The predicted molar refractivity (Wildman–Crippen MR) is 45.2 cm³/mol. The van der Waals surface area contributed by atoms with Crippen LogP contribution in [0.1, 0.15) is 0 Å². The number of nitrogens with one attached hydrogen (secondary N) is 1. The first-order chi connectivity index (χ1) is 6.65. The molecule has 9 heteroatoms. The minimum atomic E-state index is -5.34. The van der Waals surface area contributed by atoms with E-state index in [1.54, 1.807) is 12.4 Å². The molecule has 0 saturated heterocycles. The second kappa shape index (κ2) is 5.32. The fourth-order valence-electron chi connectivity index (χ4n) is 0.376. The Morgan fingerprint density at radius 1 is 1.27 bits per heavy atom. The van der Waals surface area contributed by atoms with Crippen LogP contribution in [0.2, 0.25) is 0 Å². The summed E-state index contributed by atoms with van der Waals surface area (Å²) in [4.78, 5) is 9.72. The molecule has 1 heterocycles. The Hall–Kier alpha value is -0.820. The van der Waals surface area contributed by atoms with Gasteiger partial charge >= 0.3 is 16.5 Å². The number of Topliss-reactive ketones (excluding diaryl/α,β-unsaturated/α-hetero) is 1. The van der Waals surface area contributed by atoms with Crippen molar-refractivity contribution in [3.05, 3.63) is 18.5 Å². The molecule has 0 radical (unpaired) electrons. The molecule has 0 bridgehead atoms. The van der Waals surface area contributed by atoms with Crippen LogP contribution in [0.25, 0.3) is 0 Å². The fraction of sp³-hybridized carbons (Fsp3) is 0.333. The van der Waals surface area contributed by atoms with Crippen LogP contribution < -0.4 is 0 Å². The molecule has 86 valence electrons. The molecule has 0 fully saturated rings. The van der Waals surface area contributed by atoms with E-state index in [1.165, 1.54) is 0 Å². The van der Waals surface area contributed by atoms with E-state index in [9.17, 15) is 22.4 Å². The molecule has 0 aliphatic heterocycles. The summed E-state index contributed by atoms with van der Waals surface area (Å²) in [5.41, 5.74) is 0. The van der Waals surface area contributed by atoms with Gasteiger partial charge in [0, 0.05) is 12.4 Å². The third-order valence-corrected chi connectivity index (χ3v) is 1.26. The number of carbonyl (C=O) groups excluding carboxylic acids is 1. The number of hydrogen-bond acceptors (Lipinski definition) is 2. The van der Waals surface area contributed by atoms with Gasteiger partial charge < -0.3 is 0 Å². The van der Waals surface area contributed by atoms with Crippen molar-refractivity contribution >= 4 is 29.0 Å². The molecule has 0 spiro atoms. The standard InChI is InChI=1S/C3Cl2F4O.C3H4N2/c4-2(5,6)1(10)3(7,8)9;1-2-4-5-3-1/h;1-3H,(H,4,5). The molecule has 3 nitrogen and oxygen atoms in total. The molecule has 1 rings (SSSR count). The van der Waals surface area contributed by atoms with Gasteiger partial charge in [0.1, 0.15) is 0 Å². The topological polar surface area (TPSA) is 45.8 Å². The van der Waals surface area contributed by atoms with E-state index in [0.717, 1.165) is 0 Å².